The normalized spacial score (nSPS) is 11.2. The Morgan fingerprint density at radius 1 is 0.967 bits per heavy atom. The van der Waals surface area contributed by atoms with Gasteiger partial charge >= 0.3 is 0 Å². The second-order valence-corrected chi connectivity index (χ2v) is 6.84. The number of aromatic nitrogens is 2. The molecule has 158 valence electrons. The Bertz CT molecular complexity index is 937. The van der Waals surface area contributed by atoms with E-state index in [0.29, 0.717) is 6.54 Å². The van der Waals surface area contributed by atoms with E-state index in [1.54, 1.807) is 27.5 Å². The standard InChI is InChI=1S/C23H29N5O2/c1-24-23(26-11-10-18-8-9-21(29-2)22(14-18)30-3)27-15-19-4-6-20(7-5-19)16-28-13-12-25-17-28/h4-9,12-14,17H,10-11,15-16H2,1-3H3,(H2,24,26,27). The zero-order valence-electron chi connectivity index (χ0n) is 17.8. The number of rotatable bonds is 9. The molecule has 7 heteroatoms. The van der Waals surface area contributed by atoms with Crippen LogP contribution in [0.3, 0.4) is 0 Å². The van der Waals surface area contributed by atoms with Gasteiger partial charge in [0.05, 0.1) is 20.5 Å². The Hall–Kier alpha value is -3.48. The topological polar surface area (TPSA) is 72.7 Å². The summed E-state index contributed by atoms with van der Waals surface area (Å²) >= 11 is 0. The highest BCUT2D eigenvalue weighted by Crippen LogP contribution is 2.27. The molecule has 0 bridgehead atoms. The van der Waals surface area contributed by atoms with Crippen molar-refractivity contribution < 1.29 is 9.47 Å². The Balaban J connectivity index is 1.44. The maximum Gasteiger partial charge on any atom is 0.191 e. The third-order valence-corrected chi connectivity index (χ3v) is 4.78. The quantitative estimate of drug-likeness (QED) is 0.422. The van der Waals surface area contributed by atoms with Crippen LogP contribution >= 0.6 is 0 Å². The van der Waals surface area contributed by atoms with Crippen LogP contribution in [0.4, 0.5) is 0 Å². The average Bonchev–Trinajstić information content (AvgIpc) is 3.30. The molecule has 1 heterocycles. The molecule has 0 saturated carbocycles. The SMILES string of the molecule is CN=C(NCCc1ccc(OC)c(OC)c1)NCc1ccc(Cn2ccnc2)cc1. The predicted octanol–water partition coefficient (Wildman–Crippen LogP) is 2.86. The molecule has 2 N–H and O–H groups in total. The number of imidazole rings is 1. The van der Waals surface area contributed by atoms with Crippen molar-refractivity contribution in [3.63, 3.8) is 0 Å². The van der Waals surface area contributed by atoms with Crippen LogP contribution in [-0.2, 0) is 19.5 Å². The van der Waals surface area contributed by atoms with Crippen molar-refractivity contribution in [1.29, 1.82) is 0 Å². The molecule has 0 radical (unpaired) electrons. The molecule has 0 saturated heterocycles. The fraction of sp³-hybridized carbons (Fsp3) is 0.304. The van der Waals surface area contributed by atoms with Crippen LogP contribution in [0.2, 0.25) is 0 Å². The fourth-order valence-corrected chi connectivity index (χ4v) is 3.12. The summed E-state index contributed by atoms with van der Waals surface area (Å²) in [6.07, 6.45) is 6.44. The molecule has 1 aromatic heterocycles. The number of guanidine groups is 1. The lowest BCUT2D eigenvalue weighted by Gasteiger charge is -2.13. The van der Waals surface area contributed by atoms with Crippen molar-refractivity contribution in [2.24, 2.45) is 4.99 Å². The minimum absolute atomic E-state index is 0.710. The van der Waals surface area contributed by atoms with Crippen LogP contribution in [0, 0.1) is 0 Å². The monoisotopic (exact) mass is 407 g/mol. The molecule has 3 rings (SSSR count). The van der Waals surface area contributed by atoms with Crippen LogP contribution in [-0.4, -0.2) is 43.3 Å². The van der Waals surface area contributed by atoms with E-state index in [-0.39, 0.29) is 0 Å². The summed E-state index contributed by atoms with van der Waals surface area (Å²) in [5.74, 6) is 2.26. The van der Waals surface area contributed by atoms with Crippen molar-refractivity contribution in [3.8, 4) is 11.5 Å². The number of aliphatic imine (C=N–C) groups is 1. The van der Waals surface area contributed by atoms with Crippen molar-refractivity contribution >= 4 is 5.96 Å². The third kappa shape index (κ3) is 6.01. The van der Waals surface area contributed by atoms with Gasteiger partial charge in [-0.1, -0.05) is 30.3 Å². The molecule has 0 fully saturated rings. The first-order chi connectivity index (χ1) is 14.7. The van der Waals surface area contributed by atoms with E-state index in [0.717, 1.165) is 37.0 Å². The van der Waals surface area contributed by atoms with Crippen LogP contribution in [0.5, 0.6) is 11.5 Å². The van der Waals surface area contributed by atoms with Crippen LogP contribution in [0.25, 0.3) is 0 Å². The molecule has 30 heavy (non-hydrogen) atoms. The number of methoxy groups -OCH3 is 2. The lowest BCUT2D eigenvalue weighted by atomic mass is 10.1. The largest absolute Gasteiger partial charge is 0.493 e. The molecule has 0 atom stereocenters. The first-order valence-corrected chi connectivity index (χ1v) is 9.91. The van der Waals surface area contributed by atoms with E-state index < -0.39 is 0 Å². The van der Waals surface area contributed by atoms with Crippen molar-refractivity contribution in [3.05, 3.63) is 77.9 Å². The van der Waals surface area contributed by atoms with E-state index in [1.807, 2.05) is 30.7 Å². The molecule has 2 aromatic carbocycles. The Morgan fingerprint density at radius 3 is 2.37 bits per heavy atom. The molecule has 0 aliphatic carbocycles. The number of hydrogen-bond acceptors (Lipinski definition) is 4. The molecule has 0 amide bonds. The van der Waals surface area contributed by atoms with Crippen molar-refractivity contribution in [2.45, 2.75) is 19.5 Å². The third-order valence-electron chi connectivity index (χ3n) is 4.78. The zero-order chi connectivity index (χ0) is 21.2. The second-order valence-electron chi connectivity index (χ2n) is 6.84. The van der Waals surface area contributed by atoms with Gasteiger partial charge in [-0.2, -0.15) is 0 Å². The highest BCUT2D eigenvalue weighted by Gasteiger charge is 2.05. The number of hydrogen-bond donors (Lipinski definition) is 2. The summed E-state index contributed by atoms with van der Waals surface area (Å²) < 4.78 is 12.7. The highest BCUT2D eigenvalue weighted by molar-refractivity contribution is 5.79. The molecule has 3 aromatic rings. The van der Waals surface area contributed by atoms with Gasteiger partial charge in [0.15, 0.2) is 17.5 Å². The van der Waals surface area contributed by atoms with Gasteiger partial charge in [0.1, 0.15) is 0 Å². The Labute approximate surface area is 177 Å². The Morgan fingerprint density at radius 2 is 1.70 bits per heavy atom. The van der Waals surface area contributed by atoms with Gasteiger partial charge < -0.3 is 24.7 Å². The van der Waals surface area contributed by atoms with Gasteiger partial charge in [0, 0.05) is 39.1 Å². The number of nitrogens with zero attached hydrogens (tertiary/aromatic N) is 3. The molecular formula is C23H29N5O2. The minimum Gasteiger partial charge on any atom is -0.493 e. The molecule has 0 aliphatic rings. The van der Waals surface area contributed by atoms with Gasteiger partial charge in [-0.05, 0) is 35.2 Å². The number of ether oxygens (including phenoxy) is 2. The second kappa shape index (κ2) is 10.9. The smallest absolute Gasteiger partial charge is 0.191 e. The first-order valence-electron chi connectivity index (χ1n) is 9.91. The molecule has 7 nitrogen and oxygen atoms in total. The van der Waals surface area contributed by atoms with E-state index in [2.05, 4.69) is 49.4 Å². The van der Waals surface area contributed by atoms with Gasteiger partial charge in [0.2, 0.25) is 0 Å². The molecule has 0 spiro atoms. The van der Waals surface area contributed by atoms with Crippen molar-refractivity contribution in [2.75, 3.05) is 27.8 Å². The van der Waals surface area contributed by atoms with E-state index in [9.17, 15) is 0 Å². The van der Waals surface area contributed by atoms with Gasteiger partial charge in [0.25, 0.3) is 0 Å². The average molecular weight is 408 g/mol. The van der Waals surface area contributed by atoms with Crippen LogP contribution < -0.4 is 20.1 Å². The van der Waals surface area contributed by atoms with E-state index in [1.165, 1.54) is 16.7 Å². The summed E-state index contributed by atoms with van der Waals surface area (Å²) in [5.41, 5.74) is 3.62. The predicted molar refractivity (Wildman–Crippen MR) is 119 cm³/mol. The van der Waals surface area contributed by atoms with E-state index >= 15 is 0 Å². The molecule has 0 aliphatic heterocycles. The van der Waals surface area contributed by atoms with E-state index in [4.69, 9.17) is 9.47 Å². The van der Waals surface area contributed by atoms with Crippen LogP contribution in [0.15, 0.2) is 66.2 Å². The van der Waals surface area contributed by atoms with Crippen LogP contribution in [0.1, 0.15) is 16.7 Å². The summed E-state index contributed by atoms with van der Waals surface area (Å²) in [4.78, 5) is 8.38. The maximum atomic E-state index is 5.36. The summed E-state index contributed by atoms with van der Waals surface area (Å²) in [7, 11) is 5.07. The zero-order valence-corrected chi connectivity index (χ0v) is 17.8. The lowest BCUT2D eigenvalue weighted by Crippen LogP contribution is -2.37. The molecule has 0 unspecified atom stereocenters. The first kappa shape index (κ1) is 21.2. The fourth-order valence-electron chi connectivity index (χ4n) is 3.12. The van der Waals surface area contributed by atoms with Gasteiger partial charge in [-0.3, -0.25) is 4.99 Å². The lowest BCUT2D eigenvalue weighted by molar-refractivity contribution is 0.354. The van der Waals surface area contributed by atoms with Gasteiger partial charge in [-0.15, -0.1) is 0 Å². The minimum atomic E-state index is 0.710. The summed E-state index contributed by atoms with van der Waals surface area (Å²) in [5, 5.41) is 6.71. The summed E-state index contributed by atoms with van der Waals surface area (Å²) in [6, 6.07) is 14.5. The Kier molecular flexibility index (Phi) is 7.71. The number of benzene rings is 2. The van der Waals surface area contributed by atoms with Gasteiger partial charge in [-0.25, -0.2) is 4.98 Å². The number of nitrogens with one attached hydrogen (secondary N) is 2. The van der Waals surface area contributed by atoms with Crippen molar-refractivity contribution in [1.82, 2.24) is 20.2 Å². The summed E-state index contributed by atoms with van der Waals surface area (Å²) in [6.45, 7) is 2.30. The molecular weight excluding hydrogens is 378 g/mol. The highest BCUT2D eigenvalue weighted by atomic mass is 16.5. The maximum absolute atomic E-state index is 5.36.